The van der Waals surface area contributed by atoms with Gasteiger partial charge in [-0.05, 0) is 30.2 Å². The number of hydrogen-bond acceptors (Lipinski definition) is 5. The summed E-state index contributed by atoms with van der Waals surface area (Å²) in [4.78, 5) is 12.3. The highest BCUT2D eigenvalue weighted by Crippen LogP contribution is 2.30. The Balaban J connectivity index is 2.23. The van der Waals surface area contributed by atoms with Gasteiger partial charge >= 0.3 is 0 Å². The predicted octanol–water partition coefficient (Wildman–Crippen LogP) is 3.14. The van der Waals surface area contributed by atoms with Crippen LogP contribution in [0.4, 0.5) is 0 Å². The molecule has 0 atom stereocenters. The largest absolute Gasteiger partial charge is 0.493 e. The van der Waals surface area contributed by atoms with Crippen LogP contribution in [-0.2, 0) is 4.79 Å². The van der Waals surface area contributed by atoms with Crippen LogP contribution in [0.15, 0.2) is 34.8 Å². The van der Waals surface area contributed by atoms with Gasteiger partial charge in [-0.25, -0.2) is 0 Å². The second-order valence-corrected chi connectivity index (χ2v) is 5.99. The molecule has 0 aliphatic carbocycles. The van der Waals surface area contributed by atoms with E-state index in [2.05, 4.69) is 5.32 Å². The van der Waals surface area contributed by atoms with Gasteiger partial charge in [-0.1, -0.05) is 42.2 Å². The zero-order chi connectivity index (χ0) is 15.4. The number of hydrogen-bond donors (Lipinski definition) is 1. The summed E-state index contributed by atoms with van der Waals surface area (Å²) < 4.78 is 10.9. The molecular formula is C15H15NO3S2. The highest BCUT2D eigenvalue weighted by molar-refractivity contribution is 8.26. The number of carbonyl (C=O) groups excluding carboxylic acids is 1. The van der Waals surface area contributed by atoms with Crippen molar-refractivity contribution in [3.63, 3.8) is 0 Å². The highest BCUT2D eigenvalue weighted by atomic mass is 32.2. The number of methoxy groups -OCH3 is 2. The molecule has 4 nitrogen and oxygen atoms in total. The molecule has 0 spiro atoms. The first-order chi connectivity index (χ1) is 10.0. The lowest BCUT2D eigenvalue weighted by molar-refractivity contribution is -0.115. The molecule has 1 heterocycles. The molecule has 0 unspecified atom stereocenters. The van der Waals surface area contributed by atoms with Crippen molar-refractivity contribution in [2.24, 2.45) is 0 Å². The van der Waals surface area contributed by atoms with Crippen molar-refractivity contribution in [3.8, 4) is 11.5 Å². The van der Waals surface area contributed by atoms with Crippen LogP contribution in [0.25, 0.3) is 6.08 Å². The summed E-state index contributed by atoms with van der Waals surface area (Å²) in [6, 6.07) is 5.63. The second-order valence-electron chi connectivity index (χ2n) is 4.30. The Hall–Kier alpha value is -1.79. The zero-order valence-corrected chi connectivity index (χ0v) is 13.6. The Labute approximate surface area is 133 Å². The lowest BCUT2D eigenvalue weighted by Gasteiger charge is -2.07. The van der Waals surface area contributed by atoms with Gasteiger partial charge in [-0.2, -0.15) is 0 Å². The first-order valence-electron chi connectivity index (χ1n) is 6.19. The maximum absolute atomic E-state index is 11.7. The van der Waals surface area contributed by atoms with Crippen LogP contribution in [0, 0.1) is 0 Å². The van der Waals surface area contributed by atoms with E-state index >= 15 is 0 Å². The molecule has 21 heavy (non-hydrogen) atoms. The Morgan fingerprint density at radius 3 is 2.57 bits per heavy atom. The number of thiocarbonyl (C=S) groups is 1. The summed E-state index contributed by atoms with van der Waals surface area (Å²) in [7, 11) is 3.19. The van der Waals surface area contributed by atoms with Crippen LogP contribution < -0.4 is 14.8 Å². The van der Waals surface area contributed by atoms with E-state index in [1.807, 2.05) is 37.3 Å². The summed E-state index contributed by atoms with van der Waals surface area (Å²) in [6.45, 7) is 1.88. The number of rotatable bonds is 4. The van der Waals surface area contributed by atoms with Crippen LogP contribution in [-0.4, -0.2) is 24.4 Å². The van der Waals surface area contributed by atoms with E-state index in [-0.39, 0.29) is 5.91 Å². The van der Waals surface area contributed by atoms with Crippen molar-refractivity contribution >= 4 is 40.3 Å². The second kappa shape index (κ2) is 6.78. The van der Waals surface area contributed by atoms with Gasteiger partial charge in [0.25, 0.3) is 5.91 Å². The predicted molar refractivity (Wildman–Crippen MR) is 89.6 cm³/mol. The molecule has 1 amide bonds. The molecule has 1 aliphatic heterocycles. The number of ether oxygens (including phenoxy) is 2. The van der Waals surface area contributed by atoms with Crippen LogP contribution in [0.1, 0.15) is 12.5 Å². The van der Waals surface area contributed by atoms with E-state index in [0.717, 1.165) is 11.1 Å². The molecule has 1 aliphatic rings. The van der Waals surface area contributed by atoms with Crippen molar-refractivity contribution in [2.75, 3.05) is 14.2 Å². The van der Waals surface area contributed by atoms with E-state index < -0.39 is 0 Å². The molecule has 6 heteroatoms. The van der Waals surface area contributed by atoms with Gasteiger partial charge in [0, 0.05) is 0 Å². The van der Waals surface area contributed by atoms with E-state index in [1.54, 1.807) is 14.2 Å². The molecule has 1 aromatic carbocycles. The van der Waals surface area contributed by atoms with Crippen molar-refractivity contribution < 1.29 is 14.3 Å². The maximum atomic E-state index is 11.7. The Morgan fingerprint density at radius 1 is 1.29 bits per heavy atom. The minimum Gasteiger partial charge on any atom is -0.493 e. The minimum absolute atomic E-state index is 0.139. The Kier molecular flexibility index (Phi) is 5.03. The Morgan fingerprint density at radius 2 is 2.00 bits per heavy atom. The number of benzene rings is 1. The summed E-state index contributed by atoms with van der Waals surface area (Å²) in [5, 5.41) is 2.61. The standard InChI is InChI=1S/C15H15NO3S2/c1-9(13-14(17)16-15(20)21-13)4-5-10-6-7-11(18-2)12(8-10)19-3/h4-8H,1-3H3,(H,16,17,20)/b5-4+,13-9-. The first-order valence-corrected chi connectivity index (χ1v) is 7.41. The third kappa shape index (κ3) is 3.65. The monoisotopic (exact) mass is 321 g/mol. The van der Waals surface area contributed by atoms with E-state index in [1.165, 1.54) is 11.8 Å². The third-order valence-electron chi connectivity index (χ3n) is 2.91. The fourth-order valence-corrected chi connectivity index (χ4v) is 2.87. The highest BCUT2D eigenvalue weighted by Gasteiger charge is 2.23. The first kappa shape index (κ1) is 15.6. The molecule has 0 saturated carbocycles. The minimum atomic E-state index is -0.139. The maximum Gasteiger partial charge on any atom is 0.263 e. The van der Waals surface area contributed by atoms with Crippen molar-refractivity contribution in [3.05, 3.63) is 40.3 Å². The van der Waals surface area contributed by atoms with Gasteiger partial charge in [0.15, 0.2) is 11.5 Å². The van der Waals surface area contributed by atoms with Crippen LogP contribution in [0.5, 0.6) is 11.5 Å². The smallest absolute Gasteiger partial charge is 0.263 e. The van der Waals surface area contributed by atoms with Gasteiger partial charge < -0.3 is 14.8 Å². The molecule has 0 radical (unpaired) electrons. The molecule has 110 valence electrons. The van der Waals surface area contributed by atoms with E-state index in [9.17, 15) is 4.79 Å². The number of nitrogens with one attached hydrogen (secondary N) is 1. The fraction of sp³-hybridized carbons (Fsp3) is 0.200. The molecule has 2 rings (SSSR count). The number of allylic oxidation sites excluding steroid dienone is 2. The van der Waals surface area contributed by atoms with Crippen LogP contribution in [0.2, 0.25) is 0 Å². The molecule has 1 fully saturated rings. The number of thioether (sulfide) groups is 1. The molecular weight excluding hydrogens is 306 g/mol. The summed E-state index contributed by atoms with van der Waals surface area (Å²) in [6.07, 6.45) is 3.80. The van der Waals surface area contributed by atoms with E-state index in [4.69, 9.17) is 21.7 Å². The summed E-state index contributed by atoms with van der Waals surface area (Å²) in [5.74, 6) is 1.21. The Bertz CT molecular complexity index is 650. The molecule has 0 aromatic heterocycles. The average molecular weight is 321 g/mol. The van der Waals surface area contributed by atoms with Crippen molar-refractivity contribution in [2.45, 2.75) is 6.92 Å². The van der Waals surface area contributed by atoms with Gasteiger partial charge in [-0.15, -0.1) is 0 Å². The van der Waals surface area contributed by atoms with Gasteiger partial charge in [0.2, 0.25) is 0 Å². The van der Waals surface area contributed by atoms with Gasteiger partial charge in [0.05, 0.1) is 19.1 Å². The lowest BCUT2D eigenvalue weighted by atomic mass is 10.1. The van der Waals surface area contributed by atoms with Crippen LogP contribution in [0.3, 0.4) is 0 Å². The number of amides is 1. The average Bonchev–Trinajstić information content (AvgIpc) is 2.83. The fourth-order valence-electron chi connectivity index (χ4n) is 1.83. The molecule has 1 saturated heterocycles. The number of carbonyl (C=O) groups is 1. The lowest BCUT2D eigenvalue weighted by Crippen LogP contribution is -2.18. The molecule has 1 aromatic rings. The van der Waals surface area contributed by atoms with Gasteiger partial charge in [-0.3, -0.25) is 4.79 Å². The van der Waals surface area contributed by atoms with Crippen molar-refractivity contribution in [1.82, 2.24) is 5.32 Å². The molecule has 0 bridgehead atoms. The van der Waals surface area contributed by atoms with Gasteiger partial charge in [0.1, 0.15) is 4.32 Å². The summed E-state index contributed by atoms with van der Waals surface area (Å²) >= 11 is 6.26. The third-order valence-corrected chi connectivity index (χ3v) is 4.26. The quantitative estimate of drug-likeness (QED) is 0.682. The summed E-state index contributed by atoms with van der Waals surface area (Å²) in [5.41, 5.74) is 1.82. The normalized spacial score (nSPS) is 17.1. The SMILES string of the molecule is COc1ccc(/C=C/C(C)=C2\SC(=S)NC2=O)cc1OC. The zero-order valence-electron chi connectivity index (χ0n) is 11.9. The van der Waals surface area contributed by atoms with E-state index in [0.29, 0.717) is 20.7 Å². The molecule has 1 N–H and O–H groups in total. The topological polar surface area (TPSA) is 47.6 Å². The van der Waals surface area contributed by atoms with Crippen LogP contribution >= 0.6 is 24.0 Å². The van der Waals surface area contributed by atoms with Crippen molar-refractivity contribution in [1.29, 1.82) is 0 Å².